The Balaban J connectivity index is 2.11. The Morgan fingerprint density at radius 3 is 2.00 bits per heavy atom. The molecule has 0 aromatic heterocycles. The van der Waals surface area contributed by atoms with Gasteiger partial charge < -0.3 is 14.5 Å². The number of carboxylic acid groups (broad SMARTS) is 1. The van der Waals surface area contributed by atoms with E-state index in [-0.39, 0.29) is 17.5 Å². The molecule has 0 spiro atoms. The maximum absolute atomic E-state index is 11.9. The van der Waals surface area contributed by atoms with E-state index in [0.717, 1.165) is 11.1 Å². The summed E-state index contributed by atoms with van der Waals surface area (Å²) in [7, 11) is -3.73. The standard InChI is InChI=1S/C16H17O5P/c1-2-21-22(19,20)15-9-5-13(6-10-15)11-12-3-7-14(8-4-12)16(17)18/h3-10H,2,11H2,1H3,(H,17,18)(H,19,20). The van der Waals surface area contributed by atoms with Crippen molar-refractivity contribution in [3.05, 3.63) is 65.2 Å². The lowest BCUT2D eigenvalue weighted by Gasteiger charge is -2.11. The number of rotatable bonds is 6. The summed E-state index contributed by atoms with van der Waals surface area (Å²) in [4.78, 5) is 20.5. The van der Waals surface area contributed by atoms with Gasteiger partial charge in [-0.1, -0.05) is 24.3 Å². The Morgan fingerprint density at radius 2 is 1.55 bits per heavy atom. The Morgan fingerprint density at radius 1 is 1.05 bits per heavy atom. The molecule has 0 amide bonds. The first-order valence-electron chi connectivity index (χ1n) is 6.81. The lowest BCUT2D eigenvalue weighted by atomic mass is 10.0. The Kier molecular flexibility index (Phi) is 5.14. The van der Waals surface area contributed by atoms with Crippen LogP contribution in [-0.4, -0.2) is 22.6 Å². The van der Waals surface area contributed by atoms with Crippen molar-refractivity contribution < 1.29 is 23.9 Å². The maximum Gasteiger partial charge on any atom is 0.358 e. The summed E-state index contributed by atoms with van der Waals surface area (Å²) in [6.07, 6.45) is 0.616. The van der Waals surface area contributed by atoms with Crippen molar-refractivity contribution in [1.29, 1.82) is 0 Å². The molecule has 2 N–H and O–H groups in total. The van der Waals surface area contributed by atoms with Crippen LogP contribution in [0.1, 0.15) is 28.4 Å². The van der Waals surface area contributed by atoms with Crippen molar-refractivity contribution in [3.63, 3.8) is 0 Å². The van der Waals surface area contributed by atoms with Gasteiger partial charge in [0.2, 0.25) is 0 Å². The molecule has 2 rings (SSSR count). The summed E-state index contributed by atoms with van der Waals surface area (Å²) in [6, 6.07) is 13.3. The van der Waals surface area contributed by atoms with E-state index >= 15 is 0 Å². The Hall–Kier alpha value is -1.94. The minimum atomic E-state index is -3.73. The van der Waals surface area contributed by atoms with Crippen molar-refractivity contribution in [2.45, 2.75) is 13.3 Å². The van der Waals surface area contributed by atoms with E-state index in [1.54, 1.807) is 55.5 Å². The fourth-order valence-corrected chi connectivity index (χ4v) is 3.08. The van der Waals surface area contributed by atoms with E-state index in [2.05, 4.69) is 0 Å². The second-order valence-corrected chi connectivity index (χ2v) is 6.60. The van der Waals surface area contributed by atoms with Crippen LogP contribution in [0.4, 0.5) is 0 Å². The highest BCUT2D eigenvalue weighted by Crippen LogP contribution is 2.40. The number of benzene rings is 2. The van der Waals surface area contributed by atoms with E-state index in [1.165, 1.54) is 0 Å². The van der Waals surface area contributed by atoms with E-state index in [9.17, 15) is 14.3 Å². The molecule has 0 heterocycles. The maximum atomic E-state index is 11.9. The van der Waals surface area contributed by atoms with Crippen LogP contribution in [0.25, 0.3) is 0 Å². The third kappa shape index (κ3) is 4.04. The molecule has 0 aliphatic rings. The first kappa shape index (κ1) is 16.4. The van der Waals surface area contributed by atoms with Crippen molar-refractivity contribution in [2.24, 2.45) is 0 Å². The molecule has 2 aromatic carbocycles. The van der Waals surface area contributed by atoms with Gasteiger partial charge in [0.1, 0.15) is 0 Å². The number of carbonyl (C=O) groups is 1. The fourth-order valence-electron chi connectivity index (χ4n) is 2.05. The number of hydrogen-bond donors (Lipinski definition) is 2. The second kappa shape index (κ2) is 6.88. The molecule has 1 atom stereocenters. The van der Waals surface area contributed by atoms with Crippen LogP contribution in [0.15, 0.2) is 48.5 Å². The topological polar surface area (TPSA) is 83.8 Å². The van der Waals surface area contributed by atoms with E-state index in [4.69, 9.17) is 9.63 Å². The molecule has 0 aliphatic heterocycles. The molecule has 1 unspecified atom stereocenters. The normalized spacial score (nSPS) is 13.5. The van der Waals surface area contributed by atoms with Gasteiger partial charge >= 0.3 is 13.6 Å². The minimum absolute atomic E-state index is 0.172. The zero-order valence-corrected chi connectivity index (χ0v) is 13.0. The van der Waals surface area contributed by atoms with Gasteiger partial charge in [-0.05, 0) is 48.7 Å². The average Bonchev–Trinajstić information content (AvgIpc) is 2.48. The third-order valence-corrected chi connectivity index (χ3v) is 4.73. The van der Waals surface area contributed by atoms with Gasteiger partial charge in [0.15, 0.2) is 0 Å². The number of carboxylic acids is 1. The van der Waals surface area contributed by atoms with Crippen LogP contribution in [0.5, 0.6) is 0 Å². The molecule has 0 saturated heterocycles. The molecule has 6 heteroatoms. The molecular formula is C16H17O5P. The predicted octanol–water partition coefficient (Wildman–Crippen LogP) is 2.82. The summed E-state index contributed by atoms with van der Waals surface area (Å²) in [5.41, 5.74) is 2.18. The van der Waals surface area contributed by atoms with Crippen molar-refractivity contribution >= 4 is 18.9 Å². The Bertz CT molecular complexity index is 691. The van der Waals surface area contributed by atoms with Crippen LogP contribution in [0.3, 0.4) is 0 Å². The molecule has 0 fully saturated rings. The van der Waals surface area contributed by atoms with E-state index in [1.807, 2.05) is 0 Å². The predicted molar refractivity (Wildman–Crippen MR) is 83.7 cm³/mol. The summed E-state index contributed by atoms with van der Waals surface area (Å²) in [5.74, 6) is -0.953. The highest BCUT2D eigenvalue weighted by Gasteiger charge is 2.21. The van der Waals surface area contributed by atoms with Crippen molar-refractivity contribution in [3.8, 4) is 0 Å². The van der Waals surface area contributed by atoms with Crippen LogP contribution in [-0.2, 0) is 15.5 Å². The molecule has 0 bridgehead atoms. The van der Waals surface area contributed by atoms with Crippen LogP contribution < -0.4 is 5.30 Å². The molecule has 2 aromatic rings. The monoisotopic (exact) mass is 320 g/mol. The first-order valence-corrected chi connectivity index (χ1v) is 8.39. The lowest BCUT2D eigenvalue weighted by Crippen LogP contribution is -2.07. The zero-order chi connectivity index (χ0) is 16.2. The second-order valence-electron chi connectivity index (χ2n) is 4.78. The molecular weight excluding hydrogens is 303 g/mol. The van der Waals surface area contributed by atoms with Crippen LogP contribution >= 0.6 is 7.60 Å². The fraction of sp³-hybridized carbons (Fsp3) is 0.188. The number of aromatic carboxylic acids is 1. The summed E-state index contributed by atoms with van der Waals surface area (Å²) in [6.45, 7) is 1.84. The van der Waals surface area contributed by atoms with Gasteiger partial charge in [0.05, 0.1) is 17.5 Å². The summed E-state index contributed by atoms with van der Waals surface area (Å²) >= 11 is 0. The van der Waals surface area contributed by atoms with Gasteiger partial charge in [-0.3, -0.25) is 4.57 Å². The van der Waals surface area contributed by atoms with Gasteiger partial charge in [0, 0.05) is 0 Å². The van der Waals surface area contributed by atoms with Gasteiger partial charge in [-0.2, -0.15) is 0 Å². The molecule has 5 nitrogen and oxygen atoms in total. The summed E-state index contributed by atoms with van der Waals surface area (Å²) < 4.78 is 16.7. The largest absolute Gasteiger partial charge is 0.478 e. The SMILES string of the molecule is CCOP(=O)(O)c1ccc(Cc2ccc(C(=O)O)cc2)cc1. The van der Waals surface area contributed by atoms with Crippen LogP contribution in [0.2, 0.25) is 0 Å². The minimum Gasteiger partial charge on any atom is -0.478 e. The first-order chi connectivity index (χ1) is 10.4. The molecule has 0 saturated carbocycles. The molecule has 0 aliphatic carbocycles. The Labute approximate surface area is 128 Å². The quantitative estimate of drug-likeness (QED) is 0.800. The smallest absolute Gasteiger partial charge is 0.358 e. The lowest BCUT2D eigenvalue weighted by molar-refractivity contribution is 0.0697. The zero-order valence-electron chi connectivity index (χ0n) is 12.1. The van der Waals surface area contributed by atoms with Gasteiger partial charge in [0.25, 0.3) is 0 Å². The molecule has 0 radical (unpaired) electrons. The van der Waals surface area contributed by atoms with E-state index in [0.29, 0.717) is 6.42 Å². The van der Waals surface area contributed by atoms with E-state index < -0.39 is 13.6 Å². The highest BCUT2D eigenvalue weighted by molar-refractivity contribution is 7.61. The van der Waals surface area contributed by atoms with Crippen LogP contribution in [0, 0.1) is 0 Å². The number of hydrogen-bond acceptors (Lipinski definition) is 3. The third-order valence-electron chi connectivity index (χ3n) is 3.18. The van der Waals surface area contributed by atoms with Crippen molar-refractivity contribution in [1.82, 2.24) is 0 Å². The summed E-state index contributed by atoms with van der Waals surface area (Å²) in [5, 5.41) is 9.12. The van der Waals surface area contributed by atoms with Gasteiger partial charge in [-0.15, -0.1) is 0 Å². The molecule has 116 valence electrons. The molecule has 22 heavy (non-hydrogen) atoms. The van der Waals surface area contributed by atoms with Gasteiger partial charge in [-0.25, -0.2) is 4.79 Å². The highest BCUT2D eigenvalue weighted by atomic mass is 31.2. The average molecular weight is 320 g/mol. The van der Waals surface area contributed by atoms with Crippen molar-refractivity contribution in [2.75, 3.05) is 6.61 Å².